The van der Waals surface area contributed by atoms with Gasteiger partial charge < -0.3 is 5.11 Å². The first kappa shape index (κ1) is 19.5. The molecule has 0 spiro atoms. The molecule has 2 N–H and O–H groups in total. The Bertz CT molecular complexity index is 1290. The summed E-state index contributed by atoms with van der Waals surface area (Å²) in [5.74, 6) is 0.196. The summed E-state index contributed by atoms with van der Waals surface area (Å²) in [6.45, 7) is 1.93. The van der Waals surface area contributed by atoms with Gasteiger partial charge in [0.05, 0.1) is 15.5 Å². The van der Waals surface area contributed by atoms with E-state index in [1.807, 2.05) is 31.2 Å². The normalized spacial score (nSPS) is 12.0. The van der Waals surface area contributed by atoms with Gasteiger partial charge in [0, 0.05) is 16.3 Å². The molecule has 0 saturated heterocycles. The number of nitrogens with one attached hydrogen (secondary N) is 1. The maximum Gasteiger partial charge on any atom is 0.263 e. The number of aryl methyl sites for hydroxylation is 1. The maximum atomic E-state index is 12.5. The van der Waals surface area contributed by atoms with Crippen LogP contribution in [0.3, 0.4) is 0 Å². The van der Waals surface area contributed by atoms with Gasteiger partial charge in [0.25, 0.3) is 10.0 Å². The number of rotatable bonds is 6. The van der Waals surface area contributed by atoms with Crippen molar-refractivity contribution in [1.82, 2.24) is 10.2 Å². The molecule has 148 valence electrons. The molecular formula is C19H16N4O3S3. The second-order valence-electron chi connectivity index (χ2n) is 6.02. The highest BCUT2D eigenvalue weighted by Gasteiger charge is 2.16. The third kappa shape index (κ3) is 4.14. The van der Waals surface area contributed by atoms with E-state index in [-0.39, 0.29) is 15.8 Å². The molecule has 0 saturated carbocycles. The van der Waals surface area contributed by atoms with Crippen LogP contribution in [-0.4, -0.2) is 29.9 Å². The second kappa shape index (κ2) is 7.90. The van der Waals surface area contributed by atoms with Gasteiger partial charge in [-0.3, -0.25) is 9.71 Å². The summed E-state index contributed by atoms with van der Waals surface area (Å²) in [6, 6.07) is 13.7. The molecule has 0 aliphatic heterocycles. The van der Waals surface area contributed by atoms with Crippen LogP contribution in [0, 0.1) is 0 Å². The highest BCUT2D eigenvalue weighted by molar-refractivity contribution is 7.93. The summed E-state index contributed by atoms with van der Waals surface area (Å²) < 4.78 is 28.4. The minimum Gasteiger partial charge on any atom is -0.506 e. The third-order valence-corrected chi connectivity index (χ3v) is 7.63. The molecule has 0 radical (unpaired) electrons. The van der Waals surface area contributed by atoms with E-state index in [4.69, 9.17) is 0 Å². The van der Waals surface area contributed by atoms with E-state index in [1.165, 1.54) is 34.8 Å². The fourth-order valence-electron chi connectivity index (χ4n) is 2.59. The Hall–Kier alpha value is -2.82. The van der Waals surface area contributed by atoms with Crippen molar-refractivity contribution < 1.29 is 13.5 Å². The van der Waals surface area contributed by atoms with E-state index < -0.39 is 10.0 Å². The van der Waals surface area contributed by atoms with Crippen LogP contribution < -0.4 is 4.72 Å². The van der Waals surface area contributed by atoms with E-state index in [0.717, 1.165) is 15.1 Å². The molecule has 10 heteroatoms. The topological polar surface area (TPSA) is 105 Å². The number of nitrogens with zero attached hydrogens (tertiary/aromatic N) is 3. The van der Waals surface area contributed by atoms with Gasteiger partial charge in [-0.25, -0.2) is 8.42 Å². The van der Waals surface area contributed by atoms with Crippen LogP contribution in [-0.2, 0) is 16.4 Å². The lowest BCUT2D eigenvalue weighted by Crippen LogP contribution is -2.12. The van der Waals surface area contributed by atoms with Gasteiger partial charge >= 0.3 is 0 Å². The van der Waals surface area contributed by atoms with Crippen LogP contribution in [0.25, 0.3) is 10.1 Å². The number of aromatic hydroxyl groups is 1. The second-order valence-corrected chi connectivity index (χ2v) is 9.85. The molecule has 7 nitrogen and oxygen atoms in total. The third-order valence-electron chi connectivity index (χ3n) is 4.06. The molecule has 4 aromatic rings. The minimum atomic E-state index is -3.75. The molecule has 2 heterocycles. The van der Waals surface area contributed by atoms with Crippen LogP contribution in [0.1, 0.15) is 16.8 Å². The summed E-state index contributed by atoms with van der Waals surface area (Å²) in [4.78, 5) is 5.10. The molecule has 2 aromatic carbocycles. The monoisotopic (exact) mass is 444 g/mol. The van der Waals surface area contributed by atoms with Crippen molar-refractivity contribution >= 4 is 59.8 Å². The SMILES string of the molecule is CCc1nnc(NS(=O)(=O)c2ccc(N=Cc3sc4ccccc4c3O)cc2)s1. The zero-order chi connectivity index (χ0) is 20.4. The fraction of sp³-hybridized carbons (Fsp3) is 0.105. The number of hydrogen-bond donors (Lipinski definition) is 2. The van der Waals surface area contributed by atoms with Gasteiger partial charge in [0.15, 0.2) is 0 Å². The van der Waals surface area contributed by atoms with Gasteiger partial charge in [-0.15, -0.1) is 21.5 Å². The standard InChI is InChI=1S/C19H16N4O3S3/c1-2-17-21-22-19(28-17)23-29(25,26)13-9-7-12(8-10-13)20-11-16-18(24)14-5-3-4-6-15(14)27-16/h3-11,24H,2H2,1H3,(H,22,23). The average molecular weight is 445 g/mol. The average Bonchev–Trinajstić information content (AvgIpc) is 3.30. The first-order valence-corrected chi connectivity index (χ1v) is 11.8. The van der Waals surface area contributed by atoms with Crippen LogP contribution in [0.15, 0.2) is 58.4 Å². The number of fused-ring (bicyclic) bond motifs is 1. The van der Waals surface area contributed by atoms with Crippen LogP contribution in [0.4, 0.5) is 10.8 Å². The van der Waals surface area contributed by atoms with Crippen molar-refractivity contribution in [3.8, 4) is 5.75 Å². The number of sulfonamides is 1. The molecule has 0 aliphatic rings. The van der Waals surface area contributed by atoms with E-state index in [1.54, 1.807) is 18.3 Å². The van der Waals surface area contributed by atoms with Crippen molar-refractivity contribution in [3.63, 3.8) is 0 Å². The van der Waals surface area contributed by atoms with Gasteiger partial charge in [0.2, 0.25) is 5.13 Å². The van der Waals surface area contributed by atoms with E-state index in [2.05, 4.69) is 19.9 Å². The quantitative estimate of drug-likeness (QED) is 0.424. The molecule has 0 atom stereocenters. The highest BCUT2D eigenvalue weighted by atomic mass is 32.2. The van der Waals surface area contributed by atoms with Crippen molar-refractivity contribution in [1.29, 1.82) is 0 Å². The number of aromatic nitrogens is 2. The zero-order valence-electron chi connectivity index (χ0n) is 15.2. The van der Waals surface area contributed by atoms with Gasteiger partial charge in [0.1, 0.15) is 10.8 Å². The zero-order valence-corrected chi connectivity index (χ0v) is 17.7. The number of anilines is 1. The molecule has 0 fully saturated rings. The van der Waals surface area contributed by atoms with Crippen LogP contribution in [0.5, 0.6) is 5.75 Å². The lowest BCUT2D eigenvalue weighted by molar-refractivity contribution is 0.483. The first-order chi connectivity index (χ1) is 14.0. The van der Waals surface area contributed by atoms with Crippen molar-refractivity contribution in [2.24, 2.45) is 4.99 Å². The molecule has 29 heavy (non-hydrogen) atoms. The summed E-state index contributed by atoms with van der Waals surface area (Å²) in [7, 11) is -3.75. The Morgan fingerprint density at radius 1 is 1.10 bits per heavy atom. The molecule has 0 aliphatic carbocycles. The number of hydrogen-bond acceptors (Lipinski definition) is 8. The molecule has 0 unspecified atom stereocenters. The summed E-state index contributed by atoms with van der Waals surface area (Å²) >= 11 is 2.65. The fourth-order valence-corrected chi connectivity index (χ4v) is 5.47. The largest absolute Gasteiger partial charge is 0.506 e. The summed E-state index contributed by atoms with van der Waals surface area (Å²) in [5.41, 5.74) is 0.574. The predicted octanol–water partition coefficient (Wildman–Crippen LogP) is 4.57. The Balaban J connectivity index is 1.52. The molecular weight excluding hydrogens is 428 g/mol. The van der Waals surface area contributed by atoms with Crippen molar-refractivity contribution in [2.45, 2.75) is 18.2 Å². The smallest absolute Gasteiger partial charge is 0.263 e. The lowest BCUT2D eigenvalue weighted by Gasteiger charge is -2.04. The van der Waals surface area contributed by atoms with Crippen LogP contribution in [0.2, 0.25) is 0 Å². The molecule has 2 aromatic heterocycles. The van der Waals surface area contributed by atoms with Crippen LogP contribution >= 0.6 is 22.7 Å². The Kier molecular flexibility index (Phi) is 5.31. The van der Waals surface area contributed by atoms with Gasteiger partial charge in [-0.2, -0.15) is 0 Å². The Labute approximate surface area is 175 Å². The van der Waals surface area contributed by atoms with Gasteiger partial charge in [-0.05, 0) is 42.8 Å². The minimum absolute atomic E-state index is 0.106. The van der Waals surface area contributed by atoms with Crippen molar-refractivity contribution in [2.75, 3.05) is 4.72 Å². The predicted molar refractivity (Wildman–Crippen MR) is 117 cm³/mol. The molecule has 4 rings (SSSR count). The number of aliphatic imine (C=N–C) groups is 1. The maximum absolute atomic E-state index is 12.5. The van der Waals surface area contributed by atoms with E-state index in [9.17, 15) is 13.5 Å². The summed E-state index contributed by atoms with van der Waals surface area (Å²) in [5, 5.41) is 19.8. The Morgan fingerprint density at radius 2 is 1.86 bits per heavy atom. The summed E-state index contributed by atoms with van der Waals surface area (Å²) in [6.07, 6.45) is 2.27. The Morgan fingerprint density at radius 3 is 2.55 bits per heavy atom. The number of benzene rings is 2. The molecule has 0 amide bonds. The molecule has 0 bridgehead atoms. The van der Waals surface area contributed by atoms with Gasteiger partial charge in [-0.1, -0.05) is 30.4 Å². The first-order valence-electron chi connectivity index (χ1n) is 8.66. The highest BCUT2D eigenvalue weighted by Crippen LogP contribution is 2.35. The van der Waals surface area contributed by atoms with E-state index >= 15 is 0 Å². The van der Waals surface area contributed by atoms with Crippen molar-refractivity contribution in [3.05, 3.63) is 58.4 Å². The van der Waals surface area contributed by atoms with E-state index in [0.29, 0.717) is 17.0 Å². The number of thiophene rings is 1. The lowest BCUT2D eigenvalue weighted by atomic mass is 10.2.